The molecule has 0 aliphatic heterocycles. The number of hydrogen-bond donors (Lipinski definition) is 0. The van der Waals surface area contributed by atoms with Gasteiger partial charge in [0.2, 0.25) is 0 Å². The zero-order chi connectivity index (χ0) is 7.23. The Bertz CT molecular complexity index is 201. The first-order valence-corrected chi connectivity index (χ1v) is 5.11. The van der Waals surface area contributed by atoms with Crippen LogP contribution in [0.1, 0.15) is 6.92 Å². The van der Waals surface area contributed by atoms with E-state index in [1.54, 1.807) is 0 Å². The molecule has 1 rings (SSSR count). The van der Waals surface area contributed by atoms with Gasteiger partial charge in [-0.2, -0.15) is 0 Å². The van der Waals surface area contributed by atoms with Crippen LogP contribution in [0.5, 0.6) is 0 Å². The van der Waals surface area contributed by atoms with Gasteiger partial charge in [-0.05, 0) is 0 Å². The third-order valence-electron chi connectivity index (χ3n) is 1.08. The zero-order valence-electron chi connectivity index (χ0n) is 5.95. The Morgan fingerprint density at radius 1 is 1.20 bits per heavy atom. The third kappa shape index (κ3) is 2.38. The van der Waals surface area contributed by atoms with E-state index in [1.807, 2.05) is 0 Å². The van der Waals surface area contributed by atoms with E-state index < -0.39 is 0 Å². The fourth-order valence-corrected chi connectivity index (χ4v) is 1.92. The Labute approximate surface area is 68.1 Å². The average molecular weight is 197 g/mol. The summed E-state index contributed by atoms with van der Waals surface area (Å²) < 4.78 is 1.44. The van der Waals surface area contributed by atoms with Gasteiger partial charge in [-0.25, -0.2) is 0 Å². The summed E-state index contributed by atoms with van der Waals surface area (Å²) in [5.74, 6) is 0. The average Bonchev–Trinajstić information content (AvgIpc) is 2.03. The molecule has 0 N–H and O–H groups in total. The topological polar surface area (TPSA) is 0 Å². The molecule has 0 atom stereocenters. The fourth-order valence-electron chi connectivity index (χ4n) is 0.646. The van der Waals surface area contributed by atoms with E-state index in [-0.39, 0.29) is 0 Å². The molecular formula is C9H10Se. The van der Waals surface area contributed by atoms with Crippen LogP contribution in [0.2, 0.25) is 0 Å². The van der Waals surface area contributed by atoms with E-state index in [2.05, 4.69) is 48.3 Å². The van der Waals surface area contributed by atoms with Crippen LogP contribution in [0.15, 0.2) is 41.4 Å². The summed E-state index contributed by atoms with van der Waals surface area (Å²) in [5.41, 5.74) is 0. The first-order valence-electron chi connectivity index (χ1n) is 3.26. The van der Waals surface area contributed by atoms with Gasteiger partial charge in [0.1, 0.15) is 0 Å². The second-order valence-electron chi connectivity index (χ2n) is 1.90. The van der Waals surface area contributed by atoms with Crippen molar-refractivity contribution < 1.29 is 0 Å². The van der Waals surface area contributed by atoms with Gasteiger partial charge >= 0.3 is 67.7 Å². The molecule has 0 aromatic heterocycles. The van der Waals surface area contributed by atoms with Crippen LogP contribution in [-0.4, -0.2) is 15.0 Å². The molecule has 0 bridgehead atoms. The van der Waals surface area contributed by atoms with Gasteiger partial charge in [0.15, 0.2) is 0 Å². The summed E-state index contributed by atoms with van der Waals surface area (Å²) in [6.45, 7) is 2.06. The van der Waals surface area contributed by atoms with Gasteiger partial charge in [-0.3, -0.25) is 0 Å². The summed E-state index contributed by atoms with van der Waals surface area (Å²) >= 11 is 0.538. The Morgan fingerprint density at radius 3 is 2.50 bits per heavy atom. The van der Waals surface area contributed by atoms with Crippen molar-refractivity contribution in [3.05, 3.63) is 41.4 Å². The molecule has 0 aliphatic carbocycles. The van der Waals surface area contributed by atoms with E-state index >= 15 is 0 Å². The Kier molecular flexibility index (Phi) is 3.28. The SMILES string of the molecule is C/C=C\[Se]c1ccccc1. The van der Waals surface area contributed by atoms with Crippen molar-refractivity contribution in [2.24, 2.45) is 0 Å². The molecule has 0 fully saturated rings. The molecule has 0 amide bonds. The third-order valence-corrected chi connectivity index (χ3v) is 3.08. The second-order valence-corrected chi connectivity index (χ2v) is 3.95. The molecule has 0 unspecified atom stereocenters. The summed E-state index contributed by atoms with van der Waals surface area (Å²) in [5, 5.41) is 0. The Hall–Kier alpha value is -0.521. The van der Waals surface area contributed by atoms with E-state index in [4.69, 9.17) is 0 Å². The predicted molar refractivity (Wildman–Crippen MR) is 46.6 cm³/mol. The van der Waals surface area contributed by atoms with E-state index in [0.29, 0.717) is 15.0 Å². The summed E-state index contributed by atoms with van der Waals surface area (Å²) in [4.78, 5) is 2.22. The maximum absolute atomic E-state index is 2.22. The summed E-state index contributed by atoms with van der Waals surface area (Å²) in [6.07, 6.45) is 2.10. The number of hydrogen-bond acceptors (Lipinski definition) is 0. The van der Waals surface area contributed by atoms with Gasteiger partial charge in [0.05, 0.1) is 0 Å². The second kappa shape index (κ2) is 4.32. The van der Waals surface area contributed by atoms with Crippen LogP contribution in [0.3, 0.4) is 0 Å². The molecular weight excluding hydrogens is 187 g/mol. The molecule has 0 heterocycles. The molecule has 0 saturated carbocycles. The van der Waals surface area contributed by atoms with Gasteiger partial charge in [0, 0.05) is 0 Å². The van der Waals surface area contributed by atoms with Crippen molar-refractivity contribution in [1.82, 2.24) is 0 Å². The quantitative estimate of drug-likeness (QED) is 0.631. The van der Waals surface area contributed by atoms with Gasteiger partial charge < -0.3 is 0 Å². The van der Waals surface area contributed by atoms with Crippen molar-refractivity contribution in [2.45, 2.75) is 6.92 Å². The van der Waals surface area contributed by atoms with Crippen LogP contribution < -0.4 is 4.46 Å². The van der Waals surface area contributed by atoms with Crippen LogP contribution in [0, 0.1) is 0 Å². The normalized spacial score (nSPS) is 10.5. The monoisotopic (exact) mass is 198 g/mol. The first kappa shape index (κ1) is 7.58. The predicted octanol–water partition coefficient (Wildman–Crippen LogP) is 1.55. The standard InChI is InChI=1S/C9H10Se/c1-2-8-10-9-6-4-3-5-7-9/h2-8H,1H3/b8-2-. The molecule has 0 saturated heterocycles. The van der Waals surface area contributed by atoms with E-state index in [0.717, 1.165) is 0 Å². The van der Waals surface area contributed by atoms with Gasteiger partial charge in [-0.1, -0.05) is 0 Å². The Morgan fingerprint density at radius 2 is 1.90 bits per heavy atom. The molecule has 0 radical (unpaired) electrons. The minimum absolute atomic E-state index is 0.538. The molecule has 1 heteroatoms. The van der Waals surface area contributed by atoms with Crippen LogP contribution in [0.4, 0.5) is 0 Å². The number of allylic oxidation sites excluding steroid dienone is 1. The van der Waals surface area contributed by atoms with Crippen LogP contribution in [0.25, 0.3) is 0 Å². The molecule has 0 aliphatic rings. The van der Waals surface area contributed by atoms with Gasteiger partial charge in [0.25, 0.3) is 0 Å². The molecule has 1 aromatic carbocycles. The molecule has 52 valence electrons. The van der Waals surface area contributed by atoms with Crippen molar-refractivity contribution >= 4 is 19.4 Å². The molecule has 1 aromatic rings. The van der Waals surface area contributed by atoms with Crippen LogP contribution in [-0.2, 0) is 0 Å². The molecule has 0 spiro atoms. The summed E-state index contributed by atoms with van der Waals surface area (Å²) in [6, 6.07) is 10.6. The minimum atomic E-state index is 0.538. The molecule has 10 heavy (non-hydrogen) atoms. The van der Waals surface area contributed by atoms with Crippen molar-refractivity contribution in [1.29, 1.82) is 0 Å². The van der Waals surface area contributed by atoms with E-state index in [1.165, 1.54) is 4.46 Å². The van der Waals surface area contributed by atoms with E-state index in [9.17, 15) is 0 Å². The number of rotatable bonds is 2. The van der Waals surface area contributed by atoms with Crippen molar-refractivity contribution in [2.75, 3.05) is 0 Å². The van der Waals surface area contributed by atoms with Crippen molar-refractivity contribution in [3.8, 4) is 0 Å². The van der Waals surface area contributed by atoms with Gasteiger partial charge in [-0.15, -0.1) is 0 Å². The first-order chi connectivity index (χ1) is 4.93. The maximum atomic E-state index is 2.22. The van der Waals surface area contributed by atoms with Crippen LogP contribution >= 0.6 is 0 Å². The number of benzene rings is 1. The molecule has 0 nitrogen and oxygen atoms in total. The van der Waals surface area contributed by atoms with Crippen molar-refractivity contribution in [3.63, 3.8) is 0 Å². The zero-order valence-corrected chi connectivity index (χ0v) is 7.66. The Balaban J connectivity index is 2.59. The summed E-state index contributed by atoms with van der Waals surface area (Å²) in [7, 11) is 0. The fraction of sp³-hybridized carbons (Fsp3) is 0.111.